The Morgan fingerprint density at radius 2 is 1.74 bits per heavy atom. The molecule has 4 nitrogen and oxygen atoms in total. The van der Waals surface area contributed by atoms with Crippen LogP contribution < -0.4 is 0 Å². The summed E-state index contributed by atoms with van der Waals surface area (Å²) in [4.78, 5) is 0. The molecular formula is C20H23BBrFN2O2. The summed E-state index contributed by atoms with van der Waals surface area (Å²) < 4.78 is 30.1. The summed E-state index contributed by atoms with van der Waals surface area (Å²) >= 11 is 3.45. The predicted molar refractivity (Wildman–Crippen MR) is 108 cm³/mol. The summed E-state index contributed by atoms with van der Waals surface area (Å²) in [6.07, 6.45) is 4.16. The largest absolute Gasteiger partial charge is 0.525 e. The Kier molecular flexibility index (Phi) is 4.60. The van der Waals surface area contributed by atoms with Gasteiger partial charge in [-0.1, -0.05) is 15.9 Å². The van der Waals surface area contributed by atoms with Gasteiger partial charge in [0, 0.05) is 10.0 Å². The van der Waals surface area contributed by atoms with Crippen LogP contribution in [0, 0.1) is 0 Å². The van der Waals surface area contributed by atoms with Crippen molar-refractivity contribution < 1.29 is 13.7 Å². The topological polar surface area (TPSA) is 36.3 Å². The molecule has 1 aliphatic heterocycles. The number of halogens is 2. The zero-order chi connectivity index (χ0) is 19.4. The maximum absolute atomic E-state index is 15.4. The molecule has 1 fully saturated rings. The van der Waals surface area contributed by atoms with Gasteiger partial charge in [-0.2, -0.15) is 5.10 Å². The lowest BCUT2D eigenvalue weighted by molar-refractivity contribution is 0.00578. The molecule has 1 saturated heterocycles. The molecule has 2 aromatic rings. The van der Waals surface area contributed by atoms with Crippen LogP contribution in [0.4, 0.5) is 4.39 Å². The van der Waals surface area contributed by atoms with Crippen LogP contribution in [0.3, 0.4) is 0 Å². The van der Waals surface area contributed by atoms with E-state index < -0.39 is 18.3 Å². The highest BCUT2D eigenvalue weighted by Gasteiger charge is 2.53. The molecule has 27 heavy (non-hydrogen) atoms. The molecule has 0 saturated carbocycles. The van der Waals surface area contributed by atoms with Crippen LogP contribution in [-0.4, -0.2) is 28.1 Å². The van der Waals surface area contributed by atoms with Crippen LogP contribution in [0.2, 0.25) is 0 Å². The van der Waals surface area contributed by atoms with Crippen molar-refractivity contribution in [2.45, 2.75) is 58.2 Å². The molecule has 2 heterocycles. The average molecular weight is 433 g/mol. The Hall–Kier alpha value is -1.44. The Labute approximate surface area is 168 Å². The molecule has 2 aliphatic rings. The number of aromatic nitrogens is 2. The summed E-state index contributed by atoms with van der Waals surface area (Å²) in [6.45, 7) is 7.73. The maximum Gasteiger partial charge on any atom is 0.525 e. The van der Waals surface area contributed by atoms with Crippen LogP contribution in [0.15, 0.2) is 40.7 Å². The number of allylic oxidation sites excluding steroid dienone is 1. The van der Waals surface area contributed by atoms with Gasteiger partial charge in [0.15, 0.2) is 0 Å². The monoisotopic (exact) mass is 432 g/mol. The first kappa shape index (κ1) is 18.9. The van der Waals surface area contributed by atoms with E-state index in [2.05, 4.69) is 21.0 Å². The summed E-state index contributed by atoms with van der Waals surface area (Å²) in [5.74, 6) is 0. The molecule has 7 heteroatoms. The lowest BCUT2D eigenvalue weighted by Crippen LogP contribution is -2.41. The van der Waals surface area contributed by atoms with Gasteiger partial charge in [0.1, 0.15) is 5.73 Å². The van der Waals surface area contributed by atoms with Crippen molar-refractivity contribution in [3.8, 4) is 5.69 Å². The number of fused-ring (bicyclic) bond motifs is 1. The van der Waals surface area contributed by atoms with Crippen LogP contribution >= 0.6 is 15.9 Å². The molecule has 142 valence electrons. The van der Waals surface area contributed by atoms with E-state index in [4.69, 9.17) is 9.31 Å². The smallest absolute Gasteiger partial charge is 0.398 e. The van der Waals surface area contributed by atoms with E-state index in [0.717, 1.165) is 34.3 Å². The third-order valence-electron chi connectivity index (χ3n) is 5.85. The van der Waals surface area contributed by atoms with Gasteiger partial charge in [-0.05, 0) is 76.8 Å². The van der Waals surface area contributed by atoms with Crippen molar-refractivity contribution in [3.63, 3.8) is 0 Å². The second kappa shape index (κ2) is 6.57. The quantitative estimate of drug-likeness (QED) is 0.605. The van der Waals surface area contributed by atoms with E-state index in [9.17, 15) is 0 Å². The Bertz CT molecular complexity index is 889. The molecular weight excluding hydrogens is 410 g/mol. The fourth-order valence-electron chi connectivity index (χ4n) is 3.58. The molecule has 4 rings (SSSR count). The van der Waals surface area contributed by atoms with Crippen molar-refractivity contribution in [1.82, 2.24) is 9.78 Å². The molecule has 0 amide bonds. The van der Waals surface area contributed by atoms with E-state index in [1.165, 1.54) is 0 Å². The number of hydrogen-bond donors (Lipinski definition) is 0. The van der Waals surface area contributed by atoms with Gasteiger partial charge in [0.2, 0.25) is 0 Å². The lowest BCUT2D eigenvalue weighted by atomic mass is 9.79. The standard InChI is InChI=1S/C20H23BBrFN2O2/c1-19(2)20(3,4)27-21(26-19)18(23)15-6-5-7-17-16(15)12-24-25(17)14-10-8-13(22)9-11-14/h8-12H,5-7H2,1-4H3. The van der Waals surface area contributed by atoms with E-state index in [1.54, 1.807) is 6.20 Å². The maximum atomic E-state index is 15.4. The highest BCUT2D eigenvalue weighted by Crippen LogP contribution is 2.42. The molecule has 1 aromatic carbocycles. The van der Waals surface area contributed by atoms with E-state index in [0.29, 0.717) is 12.0 Å². The van der Waals surface area contributed by atoms with Crippen molar-refractivity contribution in [2.75, 3.05) is 0 Å². The molecule has 0 radical (unpaired) electrons. The summed E-state index contributed by atoms with van der Waals surface area (Å²) in [6, 6.07) is 7.96. The number of rotatable bonds is 2. The van der Waals surface area contributed by atoms with E-state index in [-0.39, 0.29) is 5.73 Å². The minimum atomic E-state index is -0.966. The zero-order valence-electron chi connectivity index (χ0n) is 16.1. The van der Waals surface area contributed by atoms with Crippen molar-refractivity contribution in [1.29, 1.82) is 0 Å². The van der Waals surface area contributed by atoms with Gasteiger partial charge < -0.3 is 9.31 Å². The first-order valence-electron chi connectivity index (χ1n) is 9.27. The minimum absolute atomic E-state index is 0.329. The molecule has 0 bridgehead atoms. The summed E-state index contributed by atoms with van der Waals surface area (Å²) in [5.41, 5.74) is 2.06. The van der Waals surface area contributed by atoms with Crippen molar-refractivity contribution in [3.05, 3.63) is 51.9 Å². The number of hydrogen-bond acceptors (Lipinski definition) is 3. The fraction of sp³-hybridized carbons (Fsp3) is 0.450. The van der Waals surface area contributed by atoms with Crippen LogP contribution in [0.1, 0.15) is 51.8 Å². The van der Waals surface area contributed by atoms with Crippen LogP contribution in [0.5, 0.6) is 0 Å². The first-order chi connectivity index (χ1) is 12.7. The third kappa shape index (κ3) is 3.20. The zero-order valence-corrected chi connectivity index (χ0v) is 17.6. The number of nitrogens with zero attached hydrogens (tertiary/aromatic N) is 2. The highest BCUT2D eigenvalue weighted by atomic mass is 79.9. The Morgan fingerprint density at radius 3 is 2.37 bits per heavy atom. The van der Waals surface area contributed by atoms with E-state index >= 15 is 4.39 Å². The van der Waals surface area contributed by atoms with Gasteiger partial charge in [-0.3, -0.25) is 0 Å². The van der Waals surface area contributed by atoms with Crippen molar-refractivity contribution in [2.24, 2.45) is 0 Å². The highest BCUT2D eigenvalue weighted by molar-refractivity contribution is 9.10. The van der Waals surface area contributed by atoms with Gasteiger partial charge >= 0.3 is 7.12 Å². The van der Waals surface area contributed by atoms with E-state index in [1.807, 2.05) is 56.6 Å². The van der Waals surface area contributed by atoms with Crippen molar-refractivity contribution >= 4 is 28.6 Å². The van der Waals surface area contributed by atoms with Crippen LogP contribution in [-0.2, 0) is 15.7 Å². The Balaban J connectivity index is 1.72. The van der Waals surface area contributed by atoms with Gasteiger partial charge in [-0.15, -0.1) is 0 Å². The second-order valence-electron chi connectivity index (χ2n) is 8.16. The summed E-state index contributed by atoms with van der Waals surface area (Å²) in [7, 11) is -0.966. The molecule has 1 aromatic heterocycles. The van der Waals surface area contributed by atoms with Gasteiger partial charge in [-0.25, -0.2) is 9.07 Å². The lowest BCUT2D eigenvalue weighted by Gasteiger charge is -2.32. The summed E-state index contributed by atoms with van der Waals surface area (Å²) in [5, 5.41) is 4.53. The predicted octanol–water partition coefficient (Wildman–Crippen LogP) is 5.28. The molecule has 0 spiro atoms. The molecule has 0 unspecified atom stereocenters. The average Bonchev–Trinajstić information content (AvgIpc) is 3.13. The fourth-order valence-corrected chi connectivity index (χ4v) is 3.84. The molecule has 0 atom stereocenters. The van der Waals surface area contributed by atoms with Crippen LogP contribution in [0.25, 0.3) is 11.3 Å². The van der Waals surface area contributed by atoms with Gasteiger partial charge in [0.25, 0.3) is 0 Å². The normalized spacial score (nSPS) is 22.7. The molecule has 1 aliphatic carbocycles. The number of benzene rings is 1. The van der Waals surface area contributed by atoms with Gasteiger partial charge in [0.05, 0.1) is 28.8 Å². The minimum Gasteiger partial charge on any atom is -0.398 e. The Morgan fingerprint density at radius 1 is 1.11 bits per heavy atom. The second-order valence-corrected chi connectivity index (χ2v) is 9.08. The SMILES string of the molecule is CC1(C)OB(C(F)=C2CCCc3c2cnn3-c2ccc(Br)cc2)OC1(C)C. The third-order valence-corrected chi connectivity index (χ3v) is 6.38. The first-order valence-corrected chi connectivity index (χ1v) is 10.1. The molecule has 0 N–H and O–H groups in total.